The SMILES string of the molecule is CCOc1ccc(-c2csc3ncn(Cc4ccccc4C#N)c(=O)c23)cc1. The van der Waals surface area contributed by atoms with Crippen LogP contribution in [0.2, 0.25) is 0 Å². The van der Waals surface area contributed by atoms with E-state index in [0.717, 1.165) is 22.4 Å². The molecular weight excluding hydrogens is 370 g/mol. The highest BCUT2D eigenvalue weighted by Crippen LogP contribution is 2.31. The maximum absolute atomic E-state index is 13.2. The van der Waals surface area contributed by atoms with Gasteiger partial charge in [0.25, 0.3) is 5.56 Å². The molecule has 0 saturated carbocycles. The molecular formula is C22H17N3O2S. The van der Waals surface area contributed by atoms with E-state index < -0.39 is 0 Å². The fourth-order valence-electron chi connectivity index (χ4n) is 3.14. The summed E-state index contributed by atoms with van der Waals surface area (Å²) < 4.78 is 7.05. The lowest BCUT2D eigenvalue weighted by molar-refractivity contribution is 0.340. The Morgan fingerprint density at radius 1 is 1.18 bits per heavy atom. The first-order valence-electron chi connectivity index (χ1n) is 8.89. The van der Waals surface area contributed by atoms with Crippen molar-refractivity contribution in [2.24, 2.45) is 0 Å². The van der Waals surface area contributed by atoms with Crippen LogP contribution in [0.3, 0.4) is 0 Å². The van der Waals surface area contributed by atoms with Gasteiger partial charge in [-0.05, 0) is 36.2 Å². The number of aromatic nitrogens is 2. The predicted octanol–water partition coefficient (Wildman–Crippen LogP) is 4.44. The number of fused-ring (bicyclic) bond motifs is 1. The molecule has 28 heavy (non-hydrogen) atoms. The minimum Gasteiger partial charge on any atom is -0.494 e. The molecule has 0 N–H and O–H groups in total. The van der Waals surface area contributed by atoms with Crippen LogP contribution in [0.4, 0.5) is 0 Å². The zero-order chi connectivity index (χ0) is 19.5. The van der Waals surface area contributed by atoms with Crippen molar-refractivity contribution < 1.29 is 4.74 Å². The summed E-state index contributed by atoms with van der Waals surface area (Å²) in [7, 11) is 0. The molecule has 0 fully saturated rings. The molecule has 0 radical (unpaired) electrons. The van der Waals surface area contributed by atoms with Gasteiger partial charge in [0, 0.05) is 10.9 Å². The van der Waals surface area contributed by atoms with E-state index in [0.29, 0.717) is 28.9 Å². The number of nitriles is 1. The summed E-state index contributed by atoms with van der Waals surface area (Å²) in [4.78, 5) is 18.3. The van der Waals surface area contributed by atoms with Gasteiger partial charge in [-0.15, -0.1) is 11.3 Å². The molecule has 6 heteroatoms. The summed E-state index contributed by atoms with van der Waals surface area (Å²) in [5.41, 5.74) is 3.06. The fourth-order valence-corrected chi connectivity index (χ4v) is 4.05. The number of benzene rings is 2. The van der Waals surface area contributed by atoms with E-state index >= 15 is 0 Å². The van der Waals surface area contributed by atoms with Gasteiger partial charge in [-0.3, -0.25) is 9.36 Å². The quantitative estimate of drug-likeness (QED) is 0.508. The molecule has 0 bridgehead atoms. The molecule has 5 nitrogen and oxygen atoms in total. The Hall–Kier alpha value is -3.43. The van der Waals surface area contributed by atoms with E-state index in [1.807, 2.05) is 54.8 Å². The van der Waals surface area contributed by atoms with E-state index in [2.05, 4.69) is 11.1 Å². The van der Waals surface area contributed by atoms with Gasteiger partial charge in [-0.2, -0.15) is 5.26 Å². The van der Waals surface area contributed by atoms with Crippen molar-refractivity contribution in [3.63, 3.8) is 0 Å². The lowest BCUT2D eigenvalue weighted by Gasteiger charge is -2.08. The minimum absolute atomic E-state index is 0.108. The van der Waals surface area contributed by atoms with Gasteiger partial charge in [0.1, 0.15) is 10.6 Å². The monoisotopic (exact) mass is 387 g/mol. The van der Waals surface area contributed by atoms with Gasteiger partial charge in [0.15, 0.2) is 0 Å². The molecule has 2 aromatic heterocycles. The number of thiophene rings is 1. The lowest BCUT2D eigenvalue weighted by atomic mass is 10.1. The second kappa shape index (κ2) is 7.67. The van der Waals surface area contributed by atoms with Crippen LogP contribution in [0.15, 0.2) is 65.0 Å². The molecule has 4 aromatic rings. The Balaban J connectivity index is 1.78. The van der Waals surface area contributed by atoms with Crippen molar-refractivity contribution in [3.05, 3.63) is 81.7 Å². The first kappa shape index (κ1) is 18.0. The van der Waals surface area contributed by atoms with Gasteiger partial charge in [-0.1, -0.05) is 30.3 Å². The smallest absolute Gasteiger partial charge is 0.263 e. The summed E-state index contributed by atoms with van der Waals surface area (Å²) in [6.07, 6.45) is 1.55. The second-order valence-corrected chi connectivity index (χ2v) is 7.09. The van der Waals surface area contributed by atoms with Crippen molar-refractivity contribution in [2.75, 3.05) is 6.61 Å². The Morgan fingerprint density at radius 2 is 1.96 bits per heavy atom. The van der Waals surface area contributed by atoms with Crippen LogP contribution >= 0.6 is 11.3 Å². The van der Waals surface area contributed by atoms with Gasteiger partial charge < -0.3 is 4.74 Å². The highest BCUT2D eigenvalue weighted by Gasteiger charge is 2.14. The average Bonchev–Trinajstić information content (AvgIpc) is 3.16. The van der Waals surface area contributed by atoms with E-state index in [4.69, 9.17) is 4.74 Å². The maximum Gasteiger partial charge on any atom is 0.263 e. The lowest BCUT2D eigenvalue weighted by Crippen LogP contribution is -2.21. The summed E-state index contributed by atoms with van der Waals surface area (Å²) in [6.45, 7) is 2.86. The molecule has 2 heterocycles. The first-order valence-corrected chi connectivity index (χ1v) is 9.77. The summed E-state index contributed by atoms with van der Waals surface area (Å²) >= 11 is 1.45. The molecule has 0 aliphatic heterocycles. The zero-order valence-corrected chi connectivity index (χ0v) is 16.1. The Kier molecular flexibility index (Phi) is 4.92. The van der Waals surface area contributed by atoms with Crippen molar-refractivity contribution in [3.8, 4) is 22.9 Å². The molecule has 2 aromatic carbocycles. The highest BCUT2D eigenvalue weighted by atomic mass is 32.1. The molecule has 0 saturated heterocycles. The van der Waals surface area contributed by atoms with Gasteiger partial charge in [0.05, 0.1) is 36.5 Å². The Bertz CT molecular complexity index is 1230. The Labute approximate surface area is 166 Å². The van der Waals surface area contributed by atoms with Crippen LogP contribution in [0.5, 0.6) is 5.75 Å². The summed E-state index contributed by atoms with van der Waals surface area (Å²) in [5.74, 6) is 0.800. The number of hydrogen-bond donors (Lipinski definition) is 0. The summed E-state index contributed by atoms with van der Waals surface area (Å²) in [6, 6.07) is 17.2. The standard InChI is InChI=1S/C22H17N3O2S/c1-2-27-18-9-7-15(8-10-18)19-13-28-21-20(19)22(26)25(14-24-21)12-17-6-4-3-5-16(17)11-23/h3-10,13-14H,2,12H2,1H3. The molecule has 0 spiro atoms. The highest BCUT2D eigenvalue weighted by molar-refractivity contribution is 7.17. The third kappa shape index (κ3) is 3.28. The second-order valence-electron chi connectivity index (χ2n) is 6.23. The molecule has 0 amide bonds. The van der Waals surface area contributed by atoms with Crippen LogP contribution in [-0.2, 0) is 6.54 Å². The van der Waals surface area contributed by atoms with Gasteiger partial charge in [0.2, 0.25) is 0 Å². The molecule has 0 unspecified atom stereocenters. The molecule has 4 rings (SSSR count). The largest absolute Gasteiger partial charge is 0.494 e. The number of ether oxygens (including phenoxy) is 1. The van der Waals surface area contributed by atoms with Crippen molar-refractivity contribution >= 4 is 21.6 Å². The molecule has 0 aliphatic rings. The maximum atomic E-state index is 13.2. The van der Waals surface area contributed by atoms with Crippen LogP contribution in [0, 0.1) is 11.3 Å². The number of hydrogen-bond acceptors (Lipinski definition) is 5. The van der Waals surface area contributed by atoms with E-state index in [-0.39, 0.29) is 5.56 Å². The topological polar surface area (TPSA) is 67.9 Å². The van der Waals surface area contributed by atoms with E-state index in [1.54, 1.807) is 17.0 Å². The number of rotatable bonds is 5. The van der Waals surface area contributed by atoms with Gasteiger partial charge >= 0.3 is 0 Å². The fraction of sp³-hybridized carbons (Fsp3) is 0.136. The van der Waals surface area contributed by atoms with Crippen molar-refractivity contribution in [1.82, 2.24) is 9.55 Å². The van der Waals surface area contributed by atoms with Crippen molar-refractivity contribution in [2.45, 2.75) is 13.5 Å². The van der Waals surface area contributed by atoms with Crippen LogP contribution in [0.25, 0.3) is 21.3 Å². The van der Waals surface area contributed by atoms with Crippen LogP contribution in [-0.4, -0.2) is 16.2 Å². The first-order chi connectivity index (χ1) is 13.7. The van der Waals surface area contributed by atoms with Crippen molar-refractivity contribution in [1.29, 1.82) is 5.26 Å². The van der Waals surface area contributed by atoms with Crippen LogP contribution < -0.4 is 10.3 Å². The third-order valence-electron chi connectivity index (χ3n) is 4.52. The van der Waals surface area contributed by atoms with Crippen LogP contribution in [0.1, 0.15) is 18.1 Å². The normalized spacial score (nSPS) is 10.7. The zero-order valence-electron chi connectivity index (χ0n) is 15.3. The Morgan fingerprint density at radius 3 is 2.71 bits per heavy atom. The molecule has 138 valence electrons. The third-order valence-corrected chi connectivity index (χ3v) is 5.40. The van der Waals surface area contributed by atoms with E-state index in [9.17, 15) is 10.1 Å². The minimum atomic E-state index is -0.108. The summed E-state index contributed by atoms with van der Waals surface area (Å²) in [5, 5.41) is 11.9. The predicted molar refractivity (Wildman–Crippen MR) is 111 cm³/mol. The van der Waals surface area contributed by atoms with E-state index in [1.165, 1.54) is 11.3 Å². The van der Waals surface area contributed by atoms with Gasteiger partial charge in [-0.25, -0.2) is 4.98 Å². The molecule has 0 atom stereocenters. The number of nitrogens with zero attached hydrogens (tertiary/aromatic N) is 3. The molecule has 0 aliphatic carbocycles. The average molecular weight is 387 g/mol.